The van der Waals surface area contributed by atoms with Crippen molar-refractivity contribution in [3.8, 4) is 0 Å². The van der Waals surface area contributed by atoms with Crippen LogP contribution in [0.4, 0.5) is 0 Å². The van der Waals surface area contributed by atoms with Crippen molar-refractivity contribution < 1.29 is 18.8 Å². The number of aryl methyl sites for hydroxylation is 1. The molecule has 0 amide bonds. The van der Waals surface area contributed by atoms with Crippen molar-refractivity contribution in [1.82, 2.24) is 4.98 Å². The number of esters is 1. The summed E-state index contributed by atoms with van der Waals surface area (Å²) in [6.45, 7) is 10.1. The van der Waals surface area contributed by atoms with Crippen molar-refractivity contribution in [1.29, 1.82) is 0 Å². The van der Waals surface area contributed by atoms with Gasteiger partial charge in [-0.1, -0.05) is 17.7 Å². The van der Waals surface area contributed by atoms with Crippen molar-refractivity contribution in [2.24, 2.45) is 0 Å². The second kappa shape index (κ2) is 6.79. The molecule has 0 aliphatic carbocycles. The van der Waals surface area contributed by atoms with Gasteiger partial charge < -0.3 is 14.0 Å². The number of pyridine rings is 1. The first kappa shape index (κ1) is 18.2. The maximum atomic E-state index is 11.6. The van der Waals surface area contributed by atoms with Crippen LogP contribution in [0.5, 0.6) is 0 Å². The summed E-state index contributed by atoms with van der Waals surface area (Å²) >= 11 is 6.00. The highest BCUT2D eigenvalue weighted by Gasteiger charge is 2.52. The smallest absolute Gasteiger partial charge is 0.466 e. The SMILES string of the molecule is CCOC(=O)CCc1nc(Cl)ccc1B1OC(C)(C)C(C)(C)O1. The minimum absolute atomic E-state index is 0.244. The van der Waals surface area contributed by atoms with Crippen LogP contribution in [0.1, 0.15) is 46.7 Å². The number of rotatable bonds is 5. The molecule has 0 N–H and O–H groups in total. The Morgan fingerprint density at radius 3 is 2.43 bits per heavy atom. The molecule has 0 aromatic carbocycles. The summed E-state index contributed by atoms with van der Waals surface area (Å²) in [4.78, 5) is 15.9. The molecule has 0 radical (unpaired) electrons. The van der Waals surface area contributed by atoms with Gasteiger partial charge in [0.25, 0.3) is 0 Å². The van der Waals surface area contributed by atoms with Gasteiger partial charge in [0.2, 0.25) is 0 Å². The second-order valence-corrected chi connectivity index (χ2v) is 6.95. The van der Waals surface area contributed by atoms with E-state index in [0.717, 1.165) is 5.46 Å². The molecule has 0 unspecified atom stereocenters. The number of carbonyl (C=O) groups is 1. The topological polar surface area (TPSA) is 57.7 Å². The van der Waals surface area contributed by atoms with Crippen LogP contribution in [0, 0.1) is 0 Å². The Balaban J connectivity index is 2.21. The molecule has 1 fully saturated rings. The first-order valence-electron chi connectivity index (χ1n) is 7.83. The van der Waals surface area contributed by atoms with E-state index < -0.39 is 18.3 Å². The zero-order chi connectivity index (χ0) is 17.3. The van der Waals surface area contributed by atoms with Gasteiger partial charge in [-0.25, -0.2) is 4.98 Å². The fourth-order valence-electron chi connectivity index (χ4n) is 2.32. The van der Waals surface area contributed by atoms with Gasteiger partial charge in [0.15, 0.2) is 0 Å². The number of carbonyl (C=O) groups excluding carboxylic acids is 1. The standard InChI is InChI=1S/C16H23BClNO4/c1-6-21-14(20)10-8-12-11(7-9-13(18)19-12)17-22-15(2,3)16(4,5)23-17/h7,9H,6,8,10H2,1-5H3. The Kier molecular flexibility index (Phi) is 5.39. The lowest BCUT2D eigenvalue weighted by atomic mass is 9.77. The Morgan fingerprint density at radius 2 is 1.87 bits per heavy atom. The summed E-state index contributed by atoms with van der Waals surface area (Å²) < 4.78 is 17.1. The fourth-order valence-corrected chi connectivity index (χ4v) is 2.49. The maximum Gasteiger partial charge on any atom is 0.496 e. The monoisotopic (exact) mass is 339 g/mol. The lowest BCUT2D eigenvalue weighted by Gasteiger charge is -2.32. The Bertz CT molecular complexity index is 575. The van der Waals surface area contributed by atoms with Gasteiger partial charge in [0.1, 0.15) is 5.15 Å². The third-order valence-corrected chi connectivity index (χ3v) is 4.56. The van der Waals surface area contributed by atoms with Crippen LogP contribution < -0.4 is 5.46 Å². The normalized spacial score (nSPS) is 19.0. The molecule has 1 aliphatic heterocycles. The lowest BCUT2D eigenvalue weighted by Crippen LogP contribution is -2.41. The molecule has 126 valence electrons. The van der Waals surface area contributed by atoms with E-state index in [4.69, 9.17) is 25.6 Å². The quantitative estimate of drug-likeness (QED) is 0.469. The first-order chi connectivity index (χ1) is 10.7. The van der Waals surface area contributed by atoms with Gasteiger partial charge in [-0.2, -0.15) is 0 Å². The summed E-state index contributed by atoms with van der Waals surface area (Å²) in [5, 5.41) is 0.379. The summed E-state index contributed by atoms with van der Waals surface area (Å²) in [5.74, 6) is -0.255. The van der Waals surface area contributed by atoms with Crippen LogP contribution in [0.3, 0.4) is 0 Å². The van der Waals surface area contributed by atoms with E-state index in [-0.39, 0.29) is 12.4 Å². The van der Waals surface area contributed by atoms with Crippen LogP contribution >= 0.6 is 11.6 Å². The van der Waals surface area contributed by atoms with E-state index in [9.17, 15) is 4.79 Å². The first-order valence-corrected chi connectivity index (χ1v) is 8.20. The Hall–Kier alpha value is -1.11. The van der Waals surface area contributed by atoms with E-state index in [1.807, 2.05) is 33.8 Å². The lowest BCUT2D eigenvalue weighted by molar-refractivity contribution is -0.143. The molecular weight excluding hydrogens is 316 g/mol. The number of aromatic nitrogens is 1. The molecule has 0 bridgehead atoms. The van der Waals surface area contributed by atoms with E-state index in [0.29, 0.717) is 23.9 Å². The third-order valence-electron chi connectivity index (χ3n) is 4.35. The molecule has 1 aromatic heterocycles. The highest BCUT2D eigenvalue weighted by Crippen LogP contribution is 2.36. The van der Waals surface area contributed by atoms with Gasteiger partial charge >= 0.3 is 13.1 Å². The summed E-state index contributed by atoms with van der Waals surface area (Å²) in [5.41, 5.74) is 0.632. The van der Waals surface area contributed by atoms with Crippen molar-refractivity contribution >= 4 is 30.2 Å². The largest absolute Gasteiger partial charge is 0.496 e. The molecule has 2 rings (SSSR count). The zero-order valence-electron chi connectivity index (χ0n) is 14.3. The van der Waals surface area contributed by atoms with Crippen LogP contribution in [-0.2, 0) is 25.3 Å². The summed E-state index contributed by atoms with van der Waals surface area (Å²) in [7, 11) is -0.526. The Labute approximate surface area is 142 Å². The van der Waals surface area contributed by atoms with Crippen molar-refractivity contribution in [3.63, 3.8) is 0 Å². The average Bonchev–Trinajstić information content (AvgIpc) is 2.65. The number of hydrogen-bond donors (Lipinski definition) is 0. The van der Waals surface area contributed by atoms with Crippen molar-refractivity contribution in [2.45, 2.75) is 58.7 Å². The molecule has 1 aromatic rings. The average molecular weight is 340 g/mol. The highest BCUT2D eigenvalue weighted by atomic mass is 35.5. The third kappa shape index (κ3) is 4.05. The van der Waals surface area contributed by atoms with E-state index >= 15 is 0 Å². The number of hydrogen-bond acceptors (Lipinski definition) is 5. The molecule has 1 saturated heterocycles. The molecule has 7 heteroatoms. The van der Waals surface area contributed by atoms with Crippen LogP contribution in [0.2, 0.25) is 5.15 Å². The molecule has 5 nitrogen and oxygen atoms in total. The maximum absolute atomic E-state index is 11.6. The predicted molar refractivity (Wildman–Crippen MR) is 89.9 cm³/mol. The fraction of sp³-hybridized carbons (Fsp3) is 0.625. The minimum atomic E-state index is -0.526. The molecule has 1 aliphatic rings. The van der Waals surface area contributed by atoms with Crippen molar-refractivity contribution in [2.75, 3.05) is 6.61 Å². The van der Waals surface area contributed by atoms with Crippen LogP contribution in [0.25, 0.3) is 0 Å². The van der Waals surface area contributed by atoms with Crippen LogP contribution in [-0.4, -0.2) is 35.9 Å². The van der Waals surface area contributed by atoms with Crippen molar-refractivity contribution in [3.05, 3.63) is 23.0 Å². The number of halogens is 1. The minimum Gasteiger partial charge on any atom is -0.466 e. The summed E-state index contributed by atoms with van der Waals surface area (Å²) in [6.07, 6.45) is 0.673. The van der Waals surface area contributed by atoms with Gasteiger partial charge in [0, 0.05) is 11.2 Å². The van der Waals surface area contributed by atoms with Gasteiger partial charge in [-0.05, 0) is 47.1 Å². The predicted octanol–water partition coefficient (Wildman–Crippen LogP) is 2.53. The Morgan fingerprint density at radius 1 is 1.26 bits per heavy atom. The molecule has 2 heterocycles. The molecule has 0 atom stereocenters. The molecular formula is C16H23BClNO4. The molecule has 0 spiro atoms. The van der Waals surface area contributed by atoms with Crippen LogP contribution in [0.15, 0.2) is 12.1 Å². The van der Waals surface area contributed by atoms with Gasteiger partial charge in [-0.3, -0.25) is 4.79 Å². The number of nitrogens with zero attached hydrogens (tertiary/aromatic N) is 1. The van der Waals surface area contributed by atoms with E-state index in [1.165, 1.54) is 0 Å². The zero-order valence-corrected chi connectivity index (χ0v) is 15.1. The summed E-state index contributed by atoms with van der Waals surface area (Å²) in [6, 6.07) is 3.55. The van der Waals surface area contributed by atoms with Gasteiger partial charge in [-0.15, -0.1) is 0 Å². The second-order valence-electron chi connectivity index (χ2n) is 6.56. The molecule has 23 heavy (non-hydrogen) atoms. The van der Waals surface area contributed by atoms with E-state index in [1.54, 1.807) is 13.0 Å². The van der Waals surface area contributed by atoms with Gasteiger partial charge in [0.05, 0.1) is 24.2 Å². The highest BCUT2D eigenvalue weighted by molar-refractivity contribution is 6.62. The number of ether oxygens (including phenoxy) is 1. The van der Waals surface area contributed by atoms with E-state index in [2.05, 4.69) is 4.98 Å². The molecule has 0 saturated carbocycles.